The maximum absolute atomic E-state index is 10.7. The van der Waals surface area contributed by atoms with Gasteiger partial charge in [-0.2, -0.15) is 8.42 Å². The molecule has 11 heteroatoms. The van der Waals surface area contributed by atoms with Gasteiger partial charge in [0.1, 0.15) is 0 Å². The molecule has 0 radical (unpaired) electrons. The maximum Gasteiger partial charge on any atom is 1.00 e. The molecule has 0 unspecified atom stereocenters. The van der Waals surface area contributed by atoms with Crippen molar-refractivity contribution in [3.05, 3.63) is 38.4 Å². The van der Waals surface area contributed by atoms with E-state index in [2.05, 4.69) is 0 Å². The Morgan fingerprint density at radius 1 is 1.12 bits per heavy atom. The molecule has 86 valence electrons. The van der Waals surface area contributed by atoms with Gasteiger partial charge in [-0.3, -0.25) is 24.8 Å². The van der Waals surface area contributed by atoms with Crippen molar-refractivity contribution < 1.29 is 52.4 Å². The molecule has 0 spiro atoms. The Labute approximate surface area is 117 Å². The van der Waals surface area contributed by atoms with Crippen molar-refractivity contribution in [1.82, 2.24) is 0 Å². The van der Waals surface area contributed by atoms with Crippen molar-refractivity contribution in [3.8, 4) is 0 Å². The molecular weight excluding hydrogens is 267 g/mol. The van der Waals surface area contributed by atoms with E-state index in [0.29, 0.717) is 12.1 Å². The molecule has 1 N–H and O–H groups in total. The Hall–Kier alpha value is -1.07. The molecule has 0 atom stereocenters. The van der Waals surface area contributed by atoms with Crippen LogP contribution in [0.2, 0.25) is 0 Å². The van der Waals surface area contributed by atoms with Crippen molar-refractivity contribution in [2.45, 2.75) is 4.90 Å². The van der Waals surface area contributed by atoms with Crippen LogP contribution < -0.4 is 29.6 Å². The average molecular weight is 271 g/mol. The van der Waals surface area contributed by atoms with Crippen LogP contribution in [-0.2, 0) is 10.1 Å². The normalized spacial score (nSPS) is 10.4. The minimum Gasteiger partial charge on any atom is -0.282 e. The summed E-state index contributed by atoms with van der Waals surface area (Å²) >= 11 is 0. The molecule has 0 aliphatic rings. The van der Waals surface area contributed by atoms with Crippen LogP contribution in [0, 0.1) is 20.2 Å². The van der Waals surface area contributed by atoms with Gasteiger partial charge in [0.05, 0.1) is 15.9 Å². The van der Waals surface area contributed by atoms with Gasteiger partial charge in [-0.1, -0.05) is 0 Å². The Bertz CT molecular complexity index is 570. The van der Waals surface area contributed by atoms with E-state index < -0.39 is 36.2 Å². The van der Waals surface area contributed by atoms with Crippen molar-refractivity contribution in [2.24, 2.45) is 0 Å². The third-order valence-electron chi connectivity index (χ3n) is 1.63. The van der Waals surface area contributed by atoms with Crippen molar-refractivity contribution in [1.29, 1.82) is 0 Å². The molecule has 0 aliphatic carbocycles. The van der Waals surface area contributed by atoms with Gasteiger partial charge in [0.25, 0.3) is 11.4 Å². The molecule has 0 amide bonds. The molecule has 0 heterocycles. The minimum absolute atomic E-state index is 0. The summed E-state index contributed by atoms with van der Waals surface area (Å²) in [6.45, 7) is 0. The first-order valence-corrected chi connectivity index (χ1v) is 5.08. The molecule has 1 rings (SSSR count). The van der Waals surface area contributed by atoms with Crippen LogP contribution >= 0.6 is 0 Å². The Balaban J connectivity index is 0.00000256. The number of rotatable bonds is 3. The zero-order valence-corrected chi connectivity index (χ0v) is 11.2. The van der Waals surface area contributed by atoms with E-state index >= 15 is 0 Å². The fourth-order valence-corrected chi connectivity index (χ4v) is 1.62. The van der Waals surface area contributed by atoms with Crippen molar-refractivity contribution in [2.75, 3.05) is 0 Å². The van der Waals surface area contributed by atoms with Crippen LogP contribution in [0.3, 0.4) is 0 Å². The first-order chi connectivity index (χ1) is 7.23. The molecule has 17 heavy (non-hydrogen) atoms. The molecule has 0 saturated carbocycles. The zero-order chi connectivity index (χ0) is 12.5. The number of hydrogen-bond acceptors (Lipinski definition) is 6. The van der Waals surface area contributed by atoms with E-state index in [1.807, 2.05) is 0 Å². The average Bonchev–Trinajstić information content (AvgIpc) is 2.15. The summed E-state index contributed by atoms with van der Waals surface area (Å²) in [6.07, 6.45) is 0. The van der Waals surface area contributed by atoms with E-state index in [1.165, 1.54) is 0 Å². The van der Waals surface area contributed by atoms with Gasteiger partial charge in [0.15, 0.2) is 4.90 Å². The van der Waals surface area contributed by atoms with Gasteiger partial charge in [-0.25, -0.2) is 0 Å². The molecule has 0 aliphatic heterocycles. The molecule has 1 aromatic carbocycles. The maximum atomic E-state index is 10.7. The number of nitrogens with zero attached hydrogens (tertiary/aromatic N) is 2. The van der Waals surface area contributed by atoms with Gasteiger partial charge < -0.3 is 0 Å². The SMILES string of the molecule is O=[N+]([O-])c1ccc(S(=O)(=O)O)c([N+](=O)[O-])c1.[Na+]. The standard InChI is InChI=1S/C6H4N2O7S.Na/c9-7(10)4-1-2-6(16(13,14)15)5(3-4)8(11)12;/h1-3H,(H,13,14,15);/q;+1. The Kier molecular flexibility index (Phi) is 5.16. The molecular formula is C6H4N2NaO7S+. The van der Waals surface area contributed by atoms with Gasteiger partial charge in [0.2, 0.25) is 0 Å². The molecule has 0 saturated heterocycles. The largest absolute Gasteiger partial charge is 1.00 e. The van der Waals surface area contributed by atoms with E-state index in [4.69, 9.17) is 4.55 Å². The molecule has 0 fully saturated rings. The summed E-state index contributed by atoms with van der Waals surface area (Å²) in [5.74, 6) is 0. The number of nitro benzene ring substituents is 2. The number of hydrogen-bond donors (Lipinski definition) is 1. The first-order valence-electron chi connectivity index (χ1n) is 3.64. The summed E-state index contributed by atoms with van der Waals surface area (Å²) < 4.78 is 30.1. The zero-order valence-electron chi connectivity index (χ0n) is 8.43. The monoisotopic (exact) mass is 271 g/mol. The first kappa shape index (κ1) is 15.9. The van der Waals surface area contributed by atoms with E-state index in [9.17, 15) is 28.6 Å². The van der Waals surface area contributed by atoms with Crippen molar-refractivity contribution >= 4 is 21.5 Å². The molecule has 1 aromatic rings. The summed E-state index contributed by atoms with van der Waals surface area (Å²) in [7, 11) is -4.79. The van der Waals surface area contributed by atoms with Crippen molar-refractivity contribution in [3.63, 3.8) is 0 Å². The smallest absolute Gasteiger partial charge is 0.282 e. The second-order valence-corrected chi connectivity index (χ2v) is 4.03. The van der Waals surface area contributed by atoms with E-state index in [1.54, 1.807) is 0 Å². The summed E-state index contributed by atoms with van der Waals surface area (Å²) in [5.41, 5.74) is -1.68. The topological polar surface area (TPSA) is 141 Å². The fourth-order valence-electron chi connectivity index (χ4n) is 0.980. The predicted molar refractivity (Wildman–Crippen MR) is 49.6 cm³/mol. The fraction of sp³-hybridized carbons (Fsp3) is 0. The van der Waals surface area contributed by atoms with E-state index in [-0.39, 0.29) is 29.6 Å². The molecule has 0 aromatic heterocycles. The van der Waals surface area contributed by atoms with Crippen LogP contribution in [0.1, 0.15) is 0 Å². The second-order valence-electron chi connectivity index (χ2n) is 2.64. The van der Waals surface area contributed by atoms with Gasteiger partial charge in [-0.05, 0) is 6.07 Å². The van der Waals surface area contributed by atoms with Gasteiger partial charge >= 0.3 is 39.7 Å². The van der Waals surface area contributed by atoms with Crippen LogP contribution in [0.4, 0.5) is 11.4 Å². The molecule has 0 bridgehead atoms. The third-order valence-corrected chi connectivity index (χ3v) is 2.53. The quantitative estimate of drug-likeness (QED) is 0.283. The summed E-state index contributed by atoms with van der Waals surface area (Å²) in [5, 5.41) is 20.8. The minimum atomic E-state index is -4.79. The van der Waals surface area contributed by atoms with Gasteiger partial charge in [-0.15, -0.1) is 0 Å². The van der Waals surface area contributed by atoms with Crippen LogP contribution in [-0.4, -0.2) is 22.8 Å². The van der Waals surface area contributed by atoms with E-state index in [0.717, 1.165) is 6.07 Å². The Morgan fingerprint density at radius 3 is 2.00 bits per heavy atom. The molecule has 9 nitrogen and oxygen atoms in total. The number of nitro groups is 2. The van der Waals surface area contributed by atoms with Crippen LogP contribution in [0.5, 0.6) is 0 Å². The summed E-state index contributed by atoms with van der Waals surface area (Å²) in [4.78, 5) is 17.7. The van der Waals surface area contributed by atoms with Crippen LogP contribution in [0.25, 0.3) is 0 Å². The van der Waals surface area contributed by atoms with Crippen LogP contribution in [0.15, 0.2) is 23.1 Å². The second kappa shape index (κ2) is 5.51. The third kappa shape index (κ3) is 3.71. The summed E-state index contributed by atoms with van der Waals surface area (Å²) in [6, 6.07) is 1.81. The number of non-ortho nitro benzene ring substituents is 1. The number of benzene rings is 1. The van der Waals surface area contributed by atoms with Gasteiger partial charge in [0, 0.05) is 6.07 Å². The predicted octanol–water partition coefficient (Wildman–Crippen LogP) is -2.25. The Morgan fingerprint density at radius 2 is 1.65 bits per heavy atom.